The second-order valence-electron chi connectivity index (χ2n) is 3.52. The molecule has 1 rings (SSSR count). The minimum Gasteiger partial charge on any atom is -0.395 e. The molecule has 3 nitrogen and oxygen atoms in total. The van der Waals surface area contributed by atoms with Gasteiger partial charge in [-0.1, -0.05) is 0 Å². The van der Waals surface area contributed by atoms with Crippen LogP contribution in [0.5, 0.6) is 0 Å². The van der Waals surface area contributed by atoms with E-state index in [4.69, 9.17) is 5.11 Å². The second kappa shape index (κ2) is 3.52. The van der Waals surface area contributed by atoms with Crippen molar-refractivity contribution in [3.05, 3.63) is 0 Å². The number of aliphatic hydroxyl groups excluding tert-OH is 2. The van der Waals surface area contributed by atoms with Crippen LogP contribution in [0.25, 0.3) is 0 Å². The van der Waals surface area contributed by atoms with Crippen molar-refractivity contribution in [2.45, 2.75) is 38.5 Å². The van der Waals surface area contributed by atoms with Crippen LogP contribution in [0.2, 0.25) is 0 Å². The van der Waals surface area contributed by atoms with Gasteiger partial charge in [0.05, 0.1) is 12.7 Å². The fourth-order valence-corrected chi connectivity index (χ4v) is 1.73. The molecule has 66 valence electrons. The summed E-state index contributed by atoms with van der Waals surface area (Å²) in [4.78, 5) is 2.14. The Balaban J connectivity index is 2.50. The number of β-amino-alcohol motifs (C(OH)–C–C–N with tert-alkyl or cyclic N) is 1. The molecule has 3 heteroatoms. The fourth-order valence-electron chi connectivity index (χ4n) is 1.73. The SMILES string of the molecule is CC(C)N1C[C@H](O)C[C@H]1CO. The van der Waals surface area contributed by atoms with Crippen LogP contribution in [-0.4, -0.2) is 46.5 Å². The minimum absolute atomic E-state index is 0.162. The van der Waals surface area contributed by atoms with E-state index in [1.807, 2.05) is 0 Å². The number of hydrogen-bond acceptors (Lipinski definition) is 3. The van der Waals surface area contributed by atoms with Gasteiger partial charge in [0, 0.05) is 18.6 Å². The third-order valence-corrected chi connectivity index (χ3v) is 2.31. The molecule has 1 fully saturated rings. The van der Waals surface area contributed by atoms with E-state index in [9.17, 15) is 5.11 Å². The van der Waals surface area contributed by atoms with Crippen LogP contribution in [0.3, 0.4) is 0 Å². The van der Waals surface area contributed by atoms with Gasteiger partial charge < -0.3 is 10.2 Å². The lowest BCUT2D eigenvalue weighted by atomic mass is 10.2. The average molecular weight is 159 g/mol. The van der Waals surface area contributed by atoms with Gasteiger partial charge in [-0.3, -0.25) is 4.90 Å². The van der Waals surface area contributed by atoms with E-state index < -0.39 is 0 Å². The zero-order valence-electron chi connectivity index (χ0n) is 7.20. The van der Waals surface area contributed by atoms with Crippen molar-refractivity contribution in [1.82, 2.24) is 4.90 Å². The highest BCUT2D eigenvalue weighted by Crippen LogP contribution is 2.19. The maximum Gasteiger partial charge on any atom is 0.0683 e. The number of rotatable bonds is 2. The van der Waals surface area contributed by atoms with Crippen molar-refractivity contribution < 1.29 is 10.2 Å². The molecule has 0 unspecified atom stereocenters. The fraction of sp³-hybridized carbons (Fsp3) is 1.00. The van der Waals surface area contributed by atoms with Gasteiger partial charge in [0.25, 0.3) is 0 Å². The summed E-state index contributed by atoms with van der Waals surface area (Å²) in [5.41, 5.74) is 0. The van der Waals surface area contributed by atoms with Crippen molar-refractivity contribution in [2.24, 2.45) is 0 Å². The second-order valence-corrected chi connectivity index (χ2v) is 3.52. The van der Waals surface area contributed by atoms with Gasteiger partial charge in [-0.05, 0) is 20.3 Å². The van der Waals surface area contributed by atoms with E-state index in [0.717, 1.165) is 0 Å². The van der Waals surface area contributed by atoms with Crippen LogP contribution < -0.4 is 0 Å². The van der Waals surface area contributed by atoms with Crippen LogP contribution in [0.1, 0.15) is 20.3 Å². The molecule has 0 aromatic carbocycles. The van der Waals surface area contributed by atoms with Gasteiger partial charge in [-0.25, -0.2) is 0 Å². The average Bonchev–Trinajstić information content (AvgIpc) is 2.30. The number of aliphatic hydroxyl groups is 2. The molecule has 0 aromatic heterocycles. The molecule has 0 spiro atoms. The minimum atomic E-state index is -0.241. The van der Waals surface area contributed by atoms with E-state index in [2.05, 4.69) is 18.7 Å². The third-order valence-electron chi connectivity index (χ3n) is 2.31. The van der Waals surface area contributed by atoms with E-state index in [1.165, 1.54) is 0 Å². The Morgan fingerprint density at radius 2 is 2.18 bits per heavy atom. The number of nitrogens with zero attached hydrogens (tertiary/aromatic N) is 1. The first-order valence-corrected chi connectivity index (χ1v) is 4.19. The Labute approximate surface area is 67.6 Å². The third kappa shape index (κ3) is 1.92. The Bertz CT molecular complexity index is 127. The van der Waals surface area contributed by atoms with Crippen LogP contribution in [-0.2, 0) is 0 Å². The summed E-state index contributed by atoms with van der Waals surface area (Å²) < 4.78 is 0. The van der Waals surface area contributed by atoms with Crippen molar-refractivity contribution in [2.75, 3.05) is 13.2 Å². The van der Waals surface area contributed by atoms with Crippen molar-refractivity contribution in [1.29, 1.82) is 0 Å². The molecule has 0 bridgehead atoms. The van der Waals surface area contributed by atoms with Crippen molar-refractivity contribution >= 4 is 0 Å². The largest absolute Gasteiger partial charge is 0.395 e. The van der Waals surface area contributed by atoms with Gasteiger partial charge >= 0.3 is 0 Å². The topological polar surface area (TPSA) is 43.7 Å². The molecule has 1 aliphatic rings. The Morgan fingerprint density at radius 1 is 1.55 bits per heavy atom. The molecule has 0 saturated carbocycles. The Morgan fingerprint density at radius 3 is 2.55 bits per heavy atom. The number of hydrogen-bond donors (Lipinski definition) is 2. The molecule has 0 amide bonds. The van der Waals surface area contributed by atoms with Gasteiger partial charge in [-0.2, -0.15) is 0 Å². The van der Waals surface area contributed by atoms with E-state index >= 15 is 0 Å². The van der Waals surface area contributed by atoms with E-state index in [1.54, 1.807) is 0 Å². The standard InChI is InChI=1S/C8H17NO2/c1-6(2)9-4-8(11)3-7(9)5-10/h6-8,10-11H,3-5H2,1-2H3/t7-,8+/m0/s1. The van der Waals surface area contributed by atoms with Crippen molar-refractivity contribution in [3.8, 4) is 0 Å². The highest BCUT2D eigenvalue weighted by Gasteiger charge is 2.31. The Hall–Kier alpha value is -0.120. The highest BCUT2D eigenvalue weighted by atomic mass is 16.3. The van der Waals surface area contributed by atoms with Crippen LogP contribution >= 0.6 is 0 Å². The summed E-state index contributed by atoms with van der Waals surface area (Å²) >= 11 is 0. The summed E-state index contributed by atoms with van der Waals surface area (Å²) in [6.07, 6.45) is 0.476. The quantitative estimate of drug-likeness (QED) is 0.587. The maximum absolute atomic E-state index is 9.30. The Kier molecular flexibility index (Phi) is 2.87. The van der Waals surface area contributed by atoms with Crippen LogP contribution in [0.15, 0.2) is 0 Å². The van der Waals surface area contributed by atoms with Crippen molar-refractivity contribution in [3.63, 3.8) is 0 Å². The summed E-state index contributed by atoms with van der Waals surface area (Å²) in [6.45, 7) is 5.04. The first-order valence-electron chi connectivity index (χ1n) is 4.19. The molecule has 0 aromatic rings. The smallest absolute Gasteiger partial charge is 0.0683 e. The maximum atomic E-state index is 9.30. The first-order chi connectivity index (χ1) is 5.15. The molecule has 1 aliphatic heterocycles. The molecule has 1 heterocycles. The lowest BCUT2D eigenvalue weighted by molar-refractivity contribution is 0.128. The van der Waals surface area contributed by atoms with E-state index in [0.29, 0.717) is 19.0 Å². The molecule has 1 saturated heterocycles. The molecule has 11 heavy (non-hydrogen) atoms. The monoisotopic (exact) mass is 159 g/mol. The van der Waals surface area contributed by atoms with Crippen LogP contribution in [0, 0.1) is 0 Å². The highest BCUT2D eigenvalue weighted by molar-refractivity contribution is 4.86. The molecule has 2 N–H and O–H groups in total. The summed E-state index contributed by atoms with van der Waals surface area (Å²) in [6, 6.07) is 0.592. The molecule has 0 radical (unpaired) electrons. The van der Waals surface area contributed by atoms with Gasteiger partial charge in [0.15, 0.2) is 0 Å². The summed E-state index contributed by atoms with van der Waals surface area (Å²) in [5, 5.41) is 18.2. The lowest BCUT2D eigenvalue weighted by Gasteiger charge is -2.26. The zero-order chi connectivity index (χ0) is 8.43. The zero-order valence-corrected chi connectivity index (χ0v) is 7.20. The predicted octanol–water partition coefficient (Wildman–Crippen LogP) is -0.178. The lowest BCUT2D eigenvalue weighted by Crippen LogP contribution is -2.37. The molecule has 2 atom stereocenters. The molecular weight excluding hydrogens is 142 g/mol. The molecule has 0 aliphatic carbocycles. The predicted molar refractivity (Wildman–Crippen MR) is 43.3 cm³/mol. The van der Waals surface area contributed by atoms with Gasteiger partial charge in [0.1, 0.15) is 0 Å². The van der Waals surface area contributed by atoms with Gasteiger partial charge in [-0.15, -0.1) is 0 Å². The summed E-state index contributed by atoms with van der Waals surface area (Å²) in [5.74, 6) is 0. The number of likely N-dealkylation sites (tertiary alicyclic amines) is 1. The normalized spacial score (nSPS) is 33.5. The first kappa shape index (κ1) is 8.97. The summed E-state index contributed by atoms with van der Waals surface area (Å²) in [7, 11) is 0. The van der Waals surface area contributed by atoms with E-state index in [-0.39, 0.29) is 18.8 Å². The van der Waals surface area contributed by atoms with Gasteiger partial charge in [0.2, 0.25) is 0 Å². The molecular formula is C8H17NO2. The van der Waals surface area contributed by atoms with Crippen LogP contribution in [0.4, 0.5) is 0 Å².